The molecule has 0 saturated carbocycles. The van der Waals surface area contributed by atoms with Crippen LogP contribution in [-0.4, -0.2) is 25.1 Å². The quantitative estimate of drug-likeness (QED) is 0.559. The molecule has 13 heavy (non-hydrogen) atoms. The van der Waals surface area contributed by atoms with Gasteiger partial charge in [0.25, 0.3) is 0 Å². The largest absolute Gasteiger partial charge is 0.431 e. The Morgan fingerprint density at radius 1 is 1.38 bits per heavy atom. The molecule has 1 fully saturated rings. The zero-order chi connectivity index (χ0) is 9.10. The van der Waals surface area contributed by atoms with Crippen LogP contribution in [0.4, 0.5) is 0 Å². The van der Waals surface area contributed by atoms with Crippen molar-refractivity contribution in [3.05, 3.63) is 12.5 Å². The number of cyclic esters (lactones) is 1. The number of esters is 1. The molecule has 2 aliphatic rings. The van der Waals surface area contributed by atoms with Gasteiger partial charge < -0.3 is 15.4 Å². The van der Waals surface area contributed by atoms with E-state index in [1.165, 1.54) is 6.26 Å². The second-order valence-electron chi connectivity index (χ2n) is 3.47. The SMILES string of the molecule is O=C1OC=CNC1C1CCNCC1. The molecule has 0 aliphatic carbocycles. The van der Waals surface area contributed by atoms with Crippen LogP contribution in [0.2, 0.25) is 0 Å². The monoisotopic (exact) mass is 182 g/mol. The predicted molar refractivity (Wildman–Crippen MR) is 47.7 cm³/mol. The van der Waals surface area contributed by atoms with E-state index in [4.69, 9.17) is 4.74 Å². The molecule has 72 valence electrons. The Labute approximate surface area is 77.3 Å². The number of carbonyl (C=O) groups excluding carboxylic acids is 1. The summed E-state index contributed by atoms with van der Waals surface area (Å²) in [6.07, 6.45) is 5.19. The first-order chi connectivity index (χ1) is 6.38. The first-order valence-corrected chi connectivity index (χ1v) is 4.70. The lowest BCUT2D eigenvalue weighted by atomic mass is 9.90. The molecular formula is C9H14N2O2. The van der Waals surface area contributed by atoms with Gasteiger partial charge in [0.05, 0.1) is 0 Å². The van der Waals surface area contributed by atoms with Crippen molar-refractivity contribution in [2.75, 3.05) is 13.1 Å². The highest BCUT2D eigenvalue weighted by Crippen LogP contribution is 2.18. The lowest BCUT2D eigenvalue weighted by Gasteiger charge is -2.30. The number of rotatable bonds is 1. The van der Waals surface area contributed by atoms with Crippen molar-refractivity contribution in [2.45, 2.75) is 18.9 Å². The molecule has 0 spiro atoms. The Bertz CT molecular complexity index is 222. The fourth-order valence-electron chi connectivity index (χ4n) is 1.89. The van der Waals surface area contributed by atoms with Crippen LogP contribution in [-0.2, 0) is 9.53 Å². The zero-order valence-corrected chi connectivity index (χ0v) is 7.45. The summed E-state index contributed by atoms with van der Waals surface area (Å²) in [5.41, 5.74) is 0. The summed E-state index contributed by atoms with van der Waals surface area (Å²) < 4.78 is 4.84. The van der Waals surface area contributed by atoms with Gasteiger partial charge >= 0.3 is 5.97 Å². The van der Waals surface area contributed by atoms with Crippen molar-refractivity contribution in [1.29, 1.82) is 0 Å². The number of hydrogen-bond acceptors (Lipinski definition) is 4. The molecule has 0 aromatic heterocycles. The summed E-state index contributed by atoms with van der Waals surface area (Å²) in [6.45, 7) is 2.00. The molecule has 2 N–H and O–H groups in total. The van der Waals surface area contributed by atoms with Crippen molar-refractivity contribution in [1.82, 2.24) is 10.6 Å². The first-order valence-electron chi connectivity index (χ1n) is 4.70. The van der Waals surface area contributed by atoms with Gasteiger partial charge in [-0.25, -0.2) is 4.79 Å². The summed E-state index contributed by atoms with van der Waals surface area (Å²) in [5, 5.41) is 6.33. The van der Waals surface area contributed by atoms with E-state index in [0.717, 1.165) is 25.9 Å². The van der Waals surface area contributed by atoms with E-state index in [1.54, 1.807) is 6.20 Å². The van der Waals surface area contributed by atoms with Crippen LogP contribution in [0.5, 0.6) is 0 Å². The lowest BCUT2D eigenvalue weighted by Crippen LogP contribution is -2.46. The van der Waals surface area contributed by atoms with Gasteiger partial charge in [-0.2, -0.15) is 0 Å². The predicted octanol–water partition coefficient (Wildman–Crippen LogP) is -0.0278. The van der Waals surface area contributed by atoms with Crippen LogP contribution in [0, 0.1) is 5.92 Å². The standard InChI is InChI=1S/C9H14N2O2/c12-9-8(11-5-6-13-9)7-1-3-10-4-2-7/h5-8,10-11H,1-4H2. The molecule has 2 rings (SSSR count). The molecule has 4 heteroatoms. The molecule has 1 saturated heterocycles. The number of carbonyl (C=O) groups is 1. The highest BCUT2D eigenvalue weighted by Gasteiger charge is 2.30. The van der Waals surface area contributed by atoms with Crippen LogP contribution in [0.1, 0.15) is 12.8 Å². The molecule has 0 aromatic rings. The highest BCUT2D eigenvalue weighted by molar-refractivity contribution is 5.77. The van der Waals surface area contributed by atoms with Crippen LogP contribution in [0.15, 0.2) is 12.5 Å². The molecule has 0 amide bonds. The molecule has 0 aromatic carbocycles. The molecule has 0 radical (unpaired) electrons. The van der Waals surface area contributed by atoms with E-state index in [9.17, 15) is 4.79 Å². The van der Waals surface area contributed by atoms with E-state index >= 15 is 0 Å². The smallest absolute Gasteiger partial charge is 0.333 e. The van der Waals surface area contributed by atoms with E-state index in [1.807, 2.05) is 0 Å². The number of hydrogen-bond donors (Lipinski definition) is 2. The van der Waals surface area contributed by atoms with Gasteiger partial charge in [-0.15, -0.1) is 0 Å². The molecule has 4 nitrogen and oxygen atoms in total. The summed E-state index contributed by atoms with van der Waals surface area (Å²) in [6, 6.07) is -0.132. The van der Waals surface area contributed by atoms with E-state index in [0.29, 0.717) is 5.92 Å². The normalized spacial score (nSPS) is 29.5. The average molecular weight is 182 g/mol. The third-order valence-corrected chi connectivity index (χ3v) is 2.64. The molecule has 0 bridgehead atoms. The maximum absolute atomic E-state index is 11.3. The maximum atomic E-state index is 11.3. The maximum Gasteiger partial charge on any atom is 0.333 e. The van der Waals surface area contributed by atoms with Crippen molar-refractivity contribution >= 4 is 5.97 Å². The van der Waals surface area contributed by atoms with Gasteiger partial charge in [-0.05, 0) is 31.8 Å². The van der Waals surface area contributed by atoms with Crippen molar-refractivity contribution in [2.24, 2.45) is 5.92 Å². The molecule has 1 unspecified atom stereocenters. The molecule has 2 aliphatic heterocycles. The van der Waals surface area contributed by atoms with Gasteiger partial charge in [0.15, 0.2) is 0 Å². The summed E-state index contributed by atoms with van der Waals surface area (Å²) >= 11 is 0. The Balaban J connectivity index is 1.97. The van der Waals surface area contributed by atoms with Crippen molar-refractivity contribution in [3.8, 4) is 0 Å². The van der Waals surface area contributed by atoms with Crippen LogP contribution >= 0.6 is 0 Å². The van der Waals surface area contributed by atoms with E-state index < -0.39 is 0 Å². The van der Waals surface area contributed by atoms with Gasteiger partial charge in [0.1, 0.15) is 12.3 Å². The summed E-state index contributed by atoms with van der Waals surface area (Å²) in [7, 11) is 0. The topological polar surface area (TPSA) is 50.4 Å². The van der Waals surface area contributed by atoms with Crippen molar-refractivity contribution < 1.29 is 9.53 Å². The Hall–Kier alpha value is -1.03. The Morgan fingerprint density at radius 3 is 2.85 bits per heavy atom. The van der Waals surface area contributed by atoms with Gasteiger partial charge in [-0.1, -0.05) is 0 Å². The van der Waals surface area contributed by atoms with E-state index in [-0.39, 0.29) is 12.0 Å². The number of piperidine rings is 1. The Kier molecular flexibility index (Phi) is 2.49. The molecule has 2 heterocycles. The van der Waals surface area contributed by atoms with Crippen molar-refractivity contribution in [3.63, 3.8) is 0 Å². The minimum absolute atomic E-state index is 0.132. The van der Waals surface area contributed by atoms with Gasteiger partial charge in [0, 0.05) is 6.20 Å². The average Bonchev–Trinajstić information content (AvgIpc) is 2.20. The summed E-state index contributed by atoms with van der Waals surface area (Å²) in [5.74, 6) is 0.271. The highest BCUT2D eigenvalue weighted by atomic mass is 16.5. The van der Waals surface area contributed by atoms with E-state index in [2.05, 4.69) is 10.6 Å². The van der Waals surface area contributed by atoms with Crippen LogP contribution in [0.3, 0.4) is 0 Å². The van der Waals surface area contributed by atoms with Crippen LogP contribution < -0.4 is 10.6 Å². The lowest BCUT2D eigenvalue weighted by molar-refractivity contribution is -0.143. The first kappa shape index (κ1) is 8.56. The third-order valence-electron chi connectivity index (χ3n) is 2.64. The Morgan fingerprint density at radius 2 is 2.15 bits per heavy atom. The molecule has 1 atom stereocenters. The van der Waals surface area contributed by atoms with Crippen LogP contribution in [0.25, 0.3) is 0 Å². The summed E-state index contributed by atoms with van der Waals surface area (Å²) in [4.78, 5) is 11.3. The van der Waals surface area contributed by atoms with Gasteiger partial charge in [0.2, 0.25) is 0 Å². The zero-order valence-electron chi connectivity index (χ0n) is 7.45. The fraction of sp³-hybridized carbons (Fsp3) is 0.667. The van der Waals surface area contributed by atoms with Gasteiger partial charge in [-0.3, -0.25) is 0 Å². The fourth-order valence-corrected chi connectivity index (χ4v) is 1.89. The minimum Gasteiger partial charge on any atom is -0.431 e. The number of nitrogens with one attached hydrogen (secondary N) is 2. The minimum atomic E-state index is -0.144. The second-order valence-corrected chi connectivity index (χ2v) is 3.47. The molecular weight excluding hydrogens is 168 g/mol. The number of ether oxygens (including phenoxy) is 1. The third kappa shape index (κ3) is 1.83. The second kappa shape index (κ2) is 3.79.